The van der Waals surface area contributed by atoms with Crippen LogP contribution in [0.2, 0.25) is 0 Å². The number of carbonyl (C=O) groups is 1. The van der Waals surface area contributed by atoms with Crippen LogP contribution in [0.15, 0.2) is 42.5 Å². The van der Waals surface area contributed by atoms with E-state index in [1.54, 1.807) is 13.2 Å². The number of nitrogens with one attached hydrogen (secondary N) is 1. The van der Waals surface area contributed by atoms with E-state index in [-0.39, 0.29) is 5.78 Å². The van der Waals surface area contributed by atoms with E-state index >= 15 is 0 Å². The first kappa shape index (κ1) is 21.8. The van der Waals surface area contributed by atoms with Crippen molar-refractivity contribution in [2.24, 2.45) is 0 Å². The molecule has 0 saturated carbocycles. The van der Waals surface area contributed by atoms with Crippen LogP contribution in [0.4, 0.5) is 5.69 Å². The zero-order valence-electron chi connectivity index (χ0n) is 18.2. The Bertz CT molecular complexity index is 1080. The number of para-hydroxylation sites is 1. The highest BCUT2D eigenvalue weighted by Crippen LogP contribution is 2.40. The lowest BCUT2D eigenvalue weighted by Gasteiger charge is -2.48. The number of methoxy groups -OCH3 is 1. The molecule has 0 aromatic heterocycles. The molecule has 0 bridgehead atoms. The summed E-state index contributed by atoms with van der Waals surface area (Å²) in [5.74, 6) is 1.01. The number of hydrogen-bond acceptors (Lipinski definition) is 5. The van der Waals surface area contributed by atoms with Crippen molar-refractivity contribution in [1.29, 1.82) is 0 Å². The minimum atomic E-state index is -3.35. The molecule has 1 fully saturated rings. The first-order valence-electron chi connectivity index (χ1n) is 10.8. The maximum Gasteiger partial charge on any atom is 0.229 e. The normalized spacial score (nSPS) is 21.7. The highest BCUT2D eigenvalue weighted by atomic mass is 32.2. The average molecular weight is 443 g/mol. The second-order valence-corrected chi connectivity index (χ2v) is 10.4. The second kappa shape index (κ2) is 8.63. The van der Waals surface area contributed by atoms with E-state index in [0.717, 1.165) is 73.9 Å². The Morgan fingerprint density at radius 2 is 1.94 bits per heavy atom. The molecule has 6 nitrogen and oxygen atoms in total. The van der Waals surface area contributed by atoms with Crippen LogP contribution in [0.1, 0.15) is 47.2 Å². The van der Waals surface area contributed by atoms with Gasteiger partial charge >= 0.3 is 0 Å². The standard InChI is InChI=1S/C24H30N2O4S/c1-30-20-9-10-21-19(17-20)11-14-24(23(21)27)13-5-6-15-26(24)16-12-18-7-3-4-8-22(18)25-31(2,28)29/h3-4,7-10,17,25H,5-6,11-16H2,1-2H3. The van der Waals surface area contributed by atoms with Crippen LogP contribution in [-0.2, 0) is 22.9 Å². The van der Waals surface area contributed by atoms with Gasteiger partial charge in [0.15, 0.2) is 5.78 Å². The third kappa shape index (κ3) is 4.48. The molecule has 1 aliphatic carbocycles. The van der Waals surface area contributed by atoms with Crippen LogP contribution >= 0.6 is 0 Å². The summed E-state index contributed by atoms with van der Waals surface area (Å²) < 4.78 is 31.4. The van der Waals surface area contributed by atoms with Gasteiger partial charge in [-0.15, -0.1) is 0 Å². The number of Topliss-reactive ketones (excluding diaryl/α,β-unsaturated/α-hetero) is 1. The number of hydrogen-bond donors (Lipinski definition) is 1. The van der Waals surface area contributed by atoms with Crippen molar-refractivity contribution in [3.8, 4) is 5.75 Å². The molecule has 1 N–H and O–H groups in total. The molecule has 4 rings (SSSR count). The lowest BCUT2D eigenvalue weighted by atomic mass is 9.71. The van der Waals surface area contributed by atoms with Crippen molar-refractivity contribution in [2.75, 3.05) is 31.2 Å². The van der Waals surface area contributed by atoms with Gasteiger partial charge in [0, 0.05) is 12.1 Å². The van der Waals surface area contributed by atoms with E-state index in [4.69, 9.17) is 4.74 Å². The smallest absolute Gasteiger partial charge is 0.229 e. The third-order valence-corrected chi connectivity index (χ3v) is 7.22. The van der Waals surface area contributed by atoms with Gasteiger partial charge in [0.1, 0.15) is 5.75 Å². The van der Waals surface area contributed by atoms with Gasteiger partial charge in [-0.25, -0.2) is 8.42 Å². The van der Waals surface area contributed by atoms with E-state index in [1.807, 2.05) is 36.4 Å². The fourth-order valence-corrected chi connectivity index (χ4v) is 5.68. The number of piperidine rings is 1. The maximum atomic E-state index is 13.7. The van der Waals surface area contributed by atoms with Gasteiger partial charge in [-0.05, 0) is 80.5 Å². The molecule has 1 unspecified atom stereocenters. The second-order valence-electron chi connectivity index (χ2n) is 8.61. The third-order valence-electron chi connectivity index (χ3n) is 6.63. The summed E-state index contributed by atoms with van der Waals surface area (Å²) in [4.78, 5) is 16.0. The van der Waals surface area contributed by atoms with Gasteiger partial charge in [-0.1, -0.05) is 18.2 Å². The van der Waals surface area contributed by atoms with Crippen molar-refractivity contribution in [2.45, 2.75) is 44.1 Å². The first-order chi connectivity index (χ1) is 14.8. The SMILES string of the molecule is COc1ccc2c(c1)CCC1(CCCCN1CCc1ccccc1NS(C)(=O)=O)C2=O. The molecule has 31 heavy (non-hydrogen) atoms. The number of benzene rings is 2. The summed E-state index contributed by atoms with van der Waals surface area (Å²) in [5, 5.41) is 0. The van der Waals surface area contributed by atoms with Gasteiger partial charge < -0.3 is 4.74 Å². The molecule has 1 heterocycles. The predicted molar refractivity (Wildman–Crippen MR) is 122 cm³/mol. The monoisotopic (exact) mass is 442 g/mol. The Labute approximate surface area is 184 Å². The number of likely N-dealkylation sites (tertiary alicyclic amines) is 1. The molecule has 7 heteroatoms. The fourth-order valence-electron chi connectivity index (χ4n) is 5.08. The van der Waals surface area contributed by atoms with Gasteiger partial charge in [0.05, 0.1) is 24.6 Å². The zero-order valence-corrected chi connectivity index (χ0v) is 19.0. The molecule has 2 aromatic rings. The van der Waals surface area contributed by atoms with Crippen molar-refractivity contribution in [3.63, 3.8) is 0 Å². The molecule has 2 aliphatic rings. The molecular formula is C24H30N2O4S. The molecule has 1 aliphatic heterocycles. The van der Waals surface area contributed by atoms with E-state index in [1.165, 1.54) is 0 Å². The number of aryl methyl sites for hydroxylation is 1. The molecule has 2 aromatic carbocycles. The van der Waals surface area contributed by atoms with E-state index in [2.05, 4.69) is 9.62 Å². The molecule has 0 radical (unpaired) electrons. The van der Waals surface area contributed by atoms with Gasteiger partial charge in [0.2, 0.25) is 10.0 Å². The van der Waals surface area contributed by atoms with E-state index < -0.39 is 15.6 Å². The van der Waals surface area contributed by atoms with Gasteiger partial charge in [-0.3, -0.25) is 14.4 Å². The largest absolute Gasteiger partial charge is 0.497 e. The van der Waals surface area contributed by atoms with Crippen LogP contribution in [0.3, 0.4) is 0 Å². The number of anilines is 1. The highest BCUT2D eigenvalue weighted by molar-refractivity contribution is 7.92. The Morgan fingerprint density at radius 1 is 1.13 bits per heavy atom. The van der Waals surface area contributed by atoms with E-state index in [0.29, 0.717) is 12.1 Å². The number of carbonyl (C=O) groups excluding carboxylic acids is 1. The minimum Gasteiger partial charge on any atom is -0.497 e. The average Bonchev–Trinajstić information content (AvgIpc) is 2.75. The quantitative estimate of drug-likeness (QED) is 0.739. The molecule has 166 valence electrons. The summed E-state index contributed by atoms with van der Waals surface area (Å²) in [7, 11) is -1.70. The lowest BCUT2D eigenvalue weighted by molar-refractivity contribution is 0.0298. The predicted octanol–water partition coefficient (Wildman–Crippen LogP) is 3.66. The molecule has 1 atom stereocenters. The molecule has 1 saturated heterocycles. The highest BCUT2D eigenvalue weighted by Gasteiger charge is 2.47. The number of nitrogens with zero attached hydrogens (tertiary/aromatic N) is 1. The summed E-state index contributed by atoms with van der Waals surface area (Å²) in [5.41, 5.74) is 2.99. The maximum absolute atomic E-state index is 13.7. The van der Waals surface area contributed by atoms with Crippen LogP contribution < -0.4 is 9.46 Å². The Balaban J connectivity index is 1.57. The lowest BCUT2D eigenvalue weighted by Crippen LogP contribution is -2.59. The van der Waals surface area contributed by atoms with Crippen molar-refractivity contribution in [3.05, 3.63) is 59.2 Å². The Morgan fingerprint density at radius 3 is 2.71 bits per heavy atom. The van der Waals surface area contributed by atoms with Crippen molar-refractivity contribution in [1.82, 2.24) is 4.90 Å². The minimum absolute atomic E-state index is 0.221. The summed E-state index contributed by atoms with van der Waals surface area (Å²) in [6.07, 6.45) is 6.53. The van der Waals surface area contributed by atoms with Crippen LogP contribution in [-0.4, -0.2) is 51.1 Å². The Hall–Kier alpha value is -2.38. The number of ether oxygens (including phenoxy) is 1. The fraction of sp³-hybridized carbons (Fsp3) is 0.458. The van der Waals surface area contributed by atoms with E-state index in [9.17, 15) is 13.2 Å². The van der Waals surface area contributed by atoms with Gasteiger partial charge in [0.25, 0.3) is 0 Å². The zero-order chi connectivity index (χ0) is 22.1. The Kier molecular flexibility index (Phi) is 6.08. The van der Waals surface area contributed by atoms with Crippen molar-refractivity contribution < 1.29 is 17.9 Å². The van der Waals surface area contributed by atoms with Crippen LogP contribution in [0.5, 0.6) is 5.75 Å². The number of fused-ring (bicyclic) bond motifs is 1. The molecule has 0 amide bonds. The first-order valence-corrected chi connectivity index (χ1v) is 12.7. The summed E-state index contributed by atoms with van der Waals surface area (Å²) in [6.45, 7) is 1.61. The van der Waals surface area contributed by atoms with Crippen LogP contribution in [0.25, 0.3) is 0 Å². The summed E-state index contributed by atoms with van der Waals surface area (Å²) in [6, 6.07) is 13.3. The topological polar surface area (TPSA) is 75.7 Å². The number of sulfonamides is 1. The number of rotatable bonds is 6. The van der Waals surface area contributed by atoms with Gasteiger partial charge in [-0.2, -0.15) is 0 Å². The van der Waals surface area contributed by atoms with Crippen molar-refractivity contribution >= 4 is 21.5 Å². The summed E-state index contributed by atoms with van der Waals surface area (Å²) >= 11 is 0. The molecule has 1 spiro atoms. The van der Waals surface area contributed by atoms with Crippen LogP contribution in [0, 0.1) is 0 Å². The molecular weight excluding hydrogens is 412 g/mol. The number of ketones is 1.